The first-order chi connectivity index (χ1) is 13.6. The highest BCUT2D eigenvalue weighted by molar-refractivity contribution is 6.13. The summed E-state index contributed by atoms with van der Waals surface area (Å²) in [5, 5.41) is 9.92. The summed E-state index contributed by atoms with van der Waals surface area (Å²) in [5.41, 5.74) is 0.634. The van der Waals surface area contributed by atoms with Gasteiger partial charge in [0.05, 0.1) is 16.6 Å². The first-order valence-electron chi connectivity index (χ1n) is 9.32. The number of aromatic amines is 1. The highest BCUT2D eigenvalue weighted by Gasteiger charge is 2.22. The number of hydrogen-bond donors (Lipinski definition) is 2. The molecule has 3 aromatic rings. The van der Waals surface area contributed by atoms with Gasteiger partial charge < -0.3 is 10.2 Å². The Kier molecular flexibility index (Phi) is 4.89. The number of amides is 2. The van der Waals surface area contributed by atoms with Crippen LogP contribution in [0.5, 0.6) is 0 Å². The summed E-state index contributed by atoms with van der Waals surface area (Å²) in [6.45, 7) is 1.46. The van der Waals surface area contributed by atoms with E-state index >= 15 is 0 Å². The predicted molar refractivity (Wildman–Crippen MR) is 107 cm³/mol. The summed E-state index contributed by atoms with van der Waals surface area (Å²) in [5.74, 6) is -0.568. The minimum absolute atomic E-state index is 0.0881. The van der Waals surface area contributed by atoms with Gasteiger partial charge in [-0.2, -0.15) is 5.10 Å². The number of benzene rings is 2. The zero-order chi connectivity index (χ0) is 19.5. The molecule has 7 heteroatoms. The molecule has 1 fully saturated rings. The minimum atomic E-state index is -0.480. The average Bonchev–Trinajstić information content (AvgIpc) is 2.74. The molecule has 2 amide bonds. The van der Waals surface area contributed by atoms with Crippen molar-refractivity contribution in [1.29, 1.82) is 0 Å². The normalized spacial score (nSPS) is 14.1. The van der Waals surface area contributed by atoms with Gasteiger partial charge in [-0.25, -0.2) is 5.10 Å². The van der Waals surface area contributed by atoms with E-state index in [1.54, 1.807) is 48.5 Å². The Morgan fingerprint density at radius 1 is 0.929 bits per heavy atom. The van der Waals surface area contributed by atoms with E-state index in [2.05, 4.69) is 15.5 Å². The van der Waals surface area contributed by atoms with Crippen molar-refractivity contribution in [2.24, 2.45) is 0 Å². The fourth-order valence-corrected chi connectivity index (χ4v) is 3.52. The van der Waals surface area contributed by atoms with E-state index in [1.165, 1.54) is 0 Å². The van der Waals surface area contributed by atoms with E-state index in [-0.39, 0.29) is 17.2 Å². The van der Waals surface area contributed by atoms with Crippen molar-refractivity contribution in [2.75, 3.05) is 18.4 Å². The van der Waals surface area contributed by atoms with Gasteiger partial charge in [0, 0.05) is 18.5 Å². The molecule has 2 aromatic carbocycles. The Balaban J connectivity index is 1.65. The second-order valence-electron chi connectivity index (χ2n) is 6.80. The fourth-order valence-electron chi connectivity index (χ4n) is 3.52. The van der Waals surface area contributed by atoms with Gasteiger partial charge in [0.1, 0.15) is 0 Å². The molecule has 4 rings (SSSR count). The smallest absolute Gasteiger partial charge is 0.276 e. The third-order valence-corrected chi connectivity index (χ3v) is 4.96. The molecule has 0 spiro atoms. The lowest BCUT2D eigenvalue weighted by molar-refractivity contribution is 0.0725. The van der Waals surface area contributed by atoms with Crippen molar-refractivity contribution < 1.29 is 9.59 Å². The monoisotopic (exact) mass is 376 g/mol. The van der Waals surface area contributed by atoms with Gasteiger partial charge >= 0.3 is 0 Å². The number of hydrogen-bond acceptors (Lipinski definition) is 4. The first-order valence-corrected chi connectivity index (χ1v) is 9.32. The molecule has 0 atom stereocenters. The molecule has 28 heavy (non-hydrogen) atoms. The summed E-state index contributed by atoms with van der Waals surface area (Å²) in [4.78, 5) is 39.5. The maximum absolute atomic E-state index is 12.9. The van der Waals surface area contributed by atoms with Crippen LogP contribution in [0.25, 0.3) is 10.8 Å². The second-order valence-corrected chi connectivity index (χ2v) is 6.80. The molecular weight excluding hydrogens is 356 g/mol. The number of carbonyl (C=O) groups excluding carboxylic acids is 2. The zero-order valence-corrected chi connectivity index (χ0v) is 15.3. The number of nitrogens with zero attached hydrogens (tertiary/aromatic N) is 2. The van der Waals surface area contributed by atoms with Crippen LogP contribution < -0.4 is 10.9 Å². The molecule has 0 unspecified atom stereocenters. The molecular formula is C21H20N4O3. The Labute approximate surface area is 161 Å². The predicted octanol–water partition coefficient (Wildman–Crippen LogP) is 2.80. The van der Waals surface area contributed by atoms with Gasteiger partial charge in [0.2, 0.25) is 0 Å². The number of para-hydroxylation sites is 1. The topological polar surface area (TPSA) is 95.2 Å². The van der Waals surface area contributed by atoms with Crippen LogP contribution in [0, 0.1) is 0 Å². The van der Waals surface area contributed by atoms with Crippen LogP contribution in [0.4, 0.5) is 5.69 Å². The number of aromatic nitrogens is 2. The SMILES string of the molecule is O=C(Nc1ccccc1C(=O)N1CCCCC1)c1n[nH]c(=O)c2ccccc12. The van der Waals surface area contributed by atoms with Crippen LogP contribution in [0.2, 0.25) is 0 Å². The van der Waals surface area contributed by atoms with Crippen LogP contribution in [0.3, 0.4) is 0 Å². The van der Waals surface area contributed by atoms with Crippen molar-refractivity contribution in [3.8, 4) is 0 Å². The van der Waals surface area contributed by atoms with E-state index in [0.29, 0.717) is 22.0 Å². The van der Waals surface area contributed by atoms with E-state index in [0.717, 1.165) is 32.4 Å². The number of carbonyl (C=O) groups is 2. The maximum atomic E-state index is 12.9. The van der Waals surface area contributed by atoms with Crippen LogP contribution in [-0.4, -0.2) is 40.0 Å². The molecule has 1 aliphatic heterocycles. The summed E-state index contributed by atoms with van der Waals surface area (Å²) in [6.07, 6.45) is 3.12. The van der Waals surface area contributed by atoms with Gasteiger partial charge in [0.15, 0.2) is 5.69 Å². The van der Waals surface area contributed by atoms with Crippen LogP contribution in [0.1, 0.15) is 40.1 Å². The molecule has 142 valence electrons. The van der Waals surface area contributed by atoms with Crippen molar-refractivity contribution in [2.45, 2.75) is 19.3 Å². The van der Waals surface area contributed by atoms with Gasteiger partial charge in [-0.1, -0.05) is 30.3 Å². The van der Waals surface area contributed by atoms with Crippen molar-refractivity contribution in [3.63, 3.8) is 0 Å². The molecule has 0 radical (unpaired) electrons. The number of fused-ring (bicyclic) bond motifs is 1. The second kappa shape index (κ2) is 7.64. The number of anilines is 1. The lowest BCUT2D eigenvalue weighted by Gasteiger charge is -2.27. The molecule has 0 saturated carbocycles. The Morgan fingerprint density at radius 3 is 2.39 bits per heavy atom. The minimum Gasteiger partial charge on any atom is -0.339 e. The van der Waals surface area contributed by atoms with Crippen molar-refractivity contribution in [1.82, 2.24) is 15.1 Å². The molecule has 0 bridgehead atoms. The highest BCUT2D eigenvalue weighted by Crippen LogP contribution is 2.21. The van der Waals surface area contributed by atoms with Gasteiger partial charge in [-0.3, -0.25) is 14.4 Å². The number of H-pyrrole nitrogens is 1. The van der Waals surface area contributed by atoms with E-state index in [9.17, 15) is 14.4 Å². The third kappa shape index (κ3) is 3.38. The summed E-state index contributed by atoms with van der Waals surface area (Å²) in [7, 11) is 0. The molecule has 1 saturated heterocycles. The van der Waals surface area contributed by atoms with E-state index < -0.39 is 5.91 Å². The fraction of sp³-hybridized carbons (Fsp3) is 0.238. The molecule has 1 aliphatic rings. The molecule has 1 aromatic heterocycles. The van der Waals surface area contributed by atoms with Gasteiger partial charge in [0.25, 0.3) is 17.4 Å². The summed E-state index contributed by atoms with van der Waals surface area (Å²) >= 11 is 0. The lowest BCUT2D eigenvalue weighted by atomic mass is 10.1. The zero-order valence-electron chi connectivity index (χ0n) is 15.3. The number of rotatable bonds is 3. The third-order valence-electron chi connectivity index (χ3n) is 4.96. The van der Waals surface area contributed by atoms with Gasteiger partial charge in [-0.05, 0) is 37.5 Å². The molecule has 2 heterocycles. The number of likely N-dealkylation sites (tertiary alicyclic amines) is 1. The summed E-state index contributed by atoms with van der Waals surface area (Å²) in [6, 6.07) is 13.7. The quantitative estimate of drug-likeness (QED) is 0.735. The Morgan fingerprint density at radius 2 is 1.61 bits per heavy atom. The standard InChI is InChI=1S/C21H20N4O3/c26-19-15-9-3-2-8-14(15)18(23-24-19)20(27)22-17-11-5-4-10-16(17)21(28)25-12-6-1-7-13-25/h2-5,8-11H,1,6-7,12-13H2,(H,22,27)(H,24,26). The number of nitrogens with one attached hydrogen (secondary N) is 2. The van der Waals surface area contributed by atoms with E-state index in [4.69, 9.17) is 0 Å². The average molecular weight is 376 g/mol. The van der Waals surface area contributed by atoms with Crippen LogP contribution in [-0.2, 0) is 0 Å². The first kappa shape index (κ1) is 17.9. The lowest BCUT2D eigenvalue weighted by Crippen LogP contribution is -2.36. The largest absolute Gasteiger partial charge is 0.339 e. The Bertz CT molecular complexity index is 1100. The molecule has 0 aliphatic carbocycles. The van der Waals surface area contributed by atoms with Crippen molar-refractivity contribution in [3.05, 3.63) is 70.1 Å². The van der Waals surface area contributed by atoms with Crippen LogP contribution in [0.15, 0.2) is 53.3 Å². The molecule has 2 N–H and O–H groups in total. The Hall–Kier alpha value is -3.48. The van der Waals surface area contributed by atoms with Crippen LogP contribution >= 0.6 is 0 Å². The molecule has 7 nitrogen and oxygen atoms in total. The maximum Gasteiger partial charge on any atom is 0.276 e. The van der Waals surface area contributed by atoms with E-state index in [1.807, 2.05) is 4.90 Å². The van der Waals surface area contributed by atoms with Gasteiger partial charge in [-0.15, -0.1) is 0 Å². The summed E-state index contributed by atoms with van der Waals surface area (Å²) < 4.78 is 0. The van der Waals surface area contributed by atoms with Crippen molar-refractivity contribution >= 4 is 28.3 Å². The number of piperidine rings is 1. The highest BCUT2D eigenvalue weighted by atomic mass is 16.2.